The predicted octanol–water partition coefficient (Wildman–Crippen LogP) is 9.06. The monoisotopic (exact) mass is 555 g/mol. The third-order valence-corrected chi connectivity index (χ3v) is 8.26. The molecule has 0 amide bonds. The second-order valence-corrected chi connectivity index (χ2v) is 11.4. The van der Waals surface area contributed by atoms with Crippen molar-refractivity contribution in [2.45, 2.75) is 36.2 Å². The van der Waals surface area contributed by atoms with Crippen molar-refractivity contribution in [3.8, 4) is 5.75 Å². The minimum Gasteiger partial charge on any atom is -0.489 e. The average molecular weight is 556 g/mol. The molecule has 6 rings (SSSR count). The molecule has 0 saturated carbocycles. The van der Waals surface area contributed by atoms with Crippen LogP contribution in [0, 0.1) is 0 Å². The van der Waals surface area contributed by atoms with Crippen molar-refractivity contribution in [3.05, 3.63) is 149 Å². The van der Waals surface area contributed by atoms with E-state index in [1.54, 1.807) is 12.1 Å². The van der Waals surface area contributed by atoms with Crippen molar-refractivity contribution < 1.29 is 14.3 Å². The minimum atomic E-state index is -0.149. The molecule has 4 nitrogen and oxygen atoms in total. The van der Waals surface area contributed by atoms with Gasteiger partial charge in [-0.05, 0) is 65.6 Å². The molecule has 1 aliphatic rings. The standard InChI is InChI=1S/C36H29NO3S/c1-23(2)25-14-16-26(17-15-25)37-31-12-6-10-29-33(31)35(38)30-11-7-13-32(34(30)36(29)39)41-28-20-18-27(19-21-28)40-22-24-8-4-3-5-9-24/h3-21,23,37H,22H2,1-2H3. The van der Waals surface area contributed by atoms with Gasteiger partial charge in [0, 0.05) is 32.2 Å². The maximum absolute atomic E-state index is 13.8. The Labute approximate surface area is 244 Å². The molecule has 0 unspecified atom stereocenters. The van der Waals surface area contributed by atoms with Gasteiger partial charge in [-0.25, -0.2) is 0 Å². The molecule has 202 valence electrons. The third-order valence-electron chi connectivity index (χ3n) is 7.19. The molecule has 5 heteroatoms. The summed E-state index contributed by atoms with van der Waals surface area (Å²) in [6, 6.07) is 36.9. The molecule has 5 aromatic carbocycles. The van der Waals surface area contributed by atoms with E-state index in [0.29, 0.717) is 40.5 Å². The van der Waals surface area contributed by atoms with Gasteiger partial charge in [-0.3, -0.25) is 9.59 Å². The van der Waals surface area contributed by atoms with Crippen LogP contribution in [0.1, 0.15) is 62.7 Å². The summed E-state index contributed by atoms with van der Waals surface area (Å²) < 4.78 is 5.91. The van der Waals surface area contributed by atoms with Crippen molar-refractivity contribution >= 4 is 34.7 Å². The Morgan fingerprint density at radius 1 is 0.683 bits per heavy atom. The number of hydrogen-bond donors (Lipinski definition) is 1. The number of rotatable bonds is 8. The van der Waals surface area contributed by atoms with Crippen LogP contribution in [0.2, 0.25) is 0 Å². The Morgan fingerprint density at radius 2 is 1.34 bits per heavy atom. The second-order valence-electron chi connectivity index (χ2n) is 10.3. The van der Waals surface area contributed by atoms with Crippen LogP contribution in [0.4, 0.5) is 11.4 Å². The molecule has 0 bridgehead atoms. The van der Waals surface area contributed by atoms with Crippen molar-refractivity contribution in [3.63, 3.8) is 0 Å². The van der Waals surface area contributed by atoms with Gasteiger partial charge in [-0.15, -0.1) is 0 Å². The van der Waals surface area contributed by atoms with Gasteiger partial charge in [-0.1, -0.05) is 92.3 Å². The van der Waals surface area contributed by atoms with Crippen LogP contribution in [0.25, 0.3) is 0 Å². The van der Waals surface area contributed by atoms with Gasteiger partial charge in [0.05, 0.1) is 11.3 Å². The molecule has 1 N–H and O–H groups in total. The number of carbonyl (C=O) groups excluding carboxylic acids is 2. The summed E-state index contributed by atoms with van der Waals surface area (Å²) in [6.07, 6.45) is 0. The van der Waals surface area contributed by atoms with Gasteiger partial charge in [0.2, 0.25) is 0 Å². The van der Waals surface area contributed by atoms with Crippen molar-refractivity contribution in [2.24, 2.45) is 0 Å². The van der Waals surface area contributed by atoms with Crippen molar-refractivity contribution in [1.82, 2.24) is 0 Å². The highest BCUT2D eigenvalue weighted by atomic mass is 32.2. The molecular weight excluding hydrogens is 526 g/mol. The average Bonchev–Trinajstić information content (AvgIpc) is 3.00. The molecule has 1 aliphatic carbocycles. The zero-order valence-corrected chi connectivity index (χ0v) is 23.7. The fourth-order valence-corrected chi connectivity index (χ4v) is 5.96. The molecule has 41 heavy (non-hydrogen) atoms. The first kappa shape index (κ1) is 26.6. The molecule has 0 aromatic heterocycles. The first-order valence-electron chi connectivity index (χ1n) is 13.6. The summed E-state index contributed by atoms with van der Waals surface area (Å²) in [5.41, 5.74) is 5.57. The summed E-state index contributed by atoms with van der Waals surface area (Å²) >= 11 is 1.47. The van der Waals surface area contributed by atoms with Crippen LogP contribution < -0.4 is 10.1 Å². The largest absolute Gasteiger partial charge is 0.489 e. The summed E-state index contributed by atoms with van der Waals surface area (Å²) in [5, 5.41) is 3.37. The van der Waals surface area contributed by atoms with E-state index in [1.807, 2.05) is 91.0 Å². The predicted molar refractivity (Wildman–Crippen MR) is 165 cm³/mol. The Morgan fingerprint density at radius 3 is 2.05 bits per heavy atom. The maximum atomic E-state index is 13.8. The van der Waals surface area contributed by atoms with Crippen LogP contribution in [-0.4, -0.2) is 11.6 Å². The number of benzene rings is 5. The number of fused-ring (bicyclic) bond motifs is 2. The second kappa shape index (κ2) is 11.5. The lowest BCUT2D eigenvalue weighted by Gasteiger charge is -2.22. The van der Waals surface area contributed by atoms with Gasteiger partial charge in [0.1, 0.15) is 12.4 Å². The fraction of sp³-hybridized carbons (Fsp3) is 0.111. The topological polar surface area (TPSA) is 55.4 Å². The zero-order chi connectivity index (χ0) is 28.3. The Bertz CT molecular complexity index is 1730. The van der Waals surface area contributed by atoms with E-state index in [0.717, 1.165) is 26.8 Å². The van der Waals surface area contributed by atoms with Gasteiger partial charge in [0.25, 0.3) is 0 Å². The summed E-state index contributed by atoms with van der Waals surface area (Å²) in [6.45, 7) is 4.80. The van der Waals surface area contributed by atoms with E-state index in [4.69, 9.17) is 4.74 Å². The van der Waals surface area contributed by atoms with Crippen molar-refractivity contribution in [1.29, 1.82) is 0 Å². The van der Waals surface area contributed by atoms with E-state index in [2.05, 4.69) is 31.3 Å². The number of nitrogens with one attached hydrogen (secondary N) is 1. The molecule has 0 spiro atoms. The summed E-state index contributed by atoms with van der Waals surface area (Å²) in [7, 11) is 0. The fourth-order valence-electron chi connectivity index (χ4n) is 4.98. The van der Waals surface area contributed by atoms with Crippen LogP contribution in [0.15, 0.2) is 125 Å². The molecule has 0 aliphatic heterocycles. The zero-order valence-electron chi connectivity index (χ0n) is 22.9. The molecule has 0 saturated heterocycles. The highest BCUT2D eigenvalue weighted by Crippen LogP contribution is 2.40. The Hall–Kier alpha value is -4.61. The van der Waals surface area contributed by atoms with Crippen LogP contribution in [0.3, 0.4) is 0 Å². The Balaban J connectivity index is 1.24. The van der Waals surface area contributed by atoms with Crippen molar-refractivity contribution in [2.75, 3.05) is 5.32 Å². The van der Waals surface area contributed by atoms with E-state index in [-0.39, 0.29) is 11.6 Å². The van der Waals surface area contributed by atoms with Crippen LogP contribution in [0.5, 0.6) is 5.75 Å². The Kier molecular flexibility index (Phi) is 7.45. The first-order chi connectivity index (χ1) is 20.0. The normalized spacial score (nSPS) is 12.2. The molecule has 0 fully saturated rings. The third kappa shape index (κ3) is 5.54. The smallest absolute Gasteiger partial charge is 0.196 e. The molecule has 0 radical (unpaired) electrons. The highest BCUT2D eigenvalue weighted by Gasteiger charge is 2.33. The van der Waals surface area contributed by atoms with Crippen LogP contribution >= 0.6 is 11.8 Å². The maximum Gasteiger partial charge on any atom is 0.196 e. The number of carbonyl (C=O) groups is 2. The van der Waals surface area contributed by atoms with E-state index < -0.39 is 0 Å². The molecule has 0 atom stereocenters. The minimum absolute atomic E-state index is 0.140. The lowest BCUT2D eigenvalue weighted by molar-refractivity contribution is 0.0977. The van der Waals surface area contributed by atoms with Gasteiger partial charge in [-0.2, -0.15) is 0 Å². The SMILES string of the molecule is CC(C)c1ccc(Nc2cccc3c2C(=O)c2cccc(Sc4ccc(OCc5ccccc5)cc4)c2C3=O)cc1. The van der Waals surface area contributed by atoms with Gasteiger partial charge >= 0.3 is 0 Å². The summed E-state index contributed by atoms with van der Waals surface area (Å²) in [5.74, 6) is 0.914. The summed E-state index contributed by atoms with van der Waals surface area (Å²) in [4.78, 5) is 29.4. The lowest BCUT2D eigenvalue weighted by Crippen LogP contribution is -2.23. The van der Waals surface area contributed by atoms with E-state index in [1.165, 1.54) is 17.3 Å². The van der Waals surface area contributed by atoms with Gasteiger partial charge in [0.15, 0.2) is 11.6 Å². The van der Waals surface area contributed by atoms with E-state index in [9.17, 15) is 9.59 Å². The van der Waals surface area contributed by atoms with E-state index >= 15 is 0 Å². The number of ether oxygens (including phenoxy) is 1. The molecule has 0 heterocycles. The van der Waals surface area contributed by atoms with Crippen LogP contribution in [-0.2, 0) is 6.61 Å². The van der Waals surface area contributed by atoms with Gasteiger partial charge < -0.3 is 10.1 Å². The first-order valence-corrected chi connectivity index (χ1v) is 14.5. The highest BCUT2D eigenvalue weighted by molar-refractivity contribution is 7.99. The number of ketones is 2. The molecular formula is C36H29NO3S. The quantitative estimate of drug-likeness (QED) is 0.203. The number of anilines is 2. The number of hydrogen-bond acceptors (Lipinski definition) is 5. The molecule has 5 aromatic rings. The lowest BCUT2D eigenvalue weighted by atomic mass is 9.83.